The first-order valence-corrected chi connectivity index (χ1v) is 11.0. The van der Waals surface area contributed by atoms with E-state index in [-0.39, 0.29) is 5.91 Å². The highest BCUT2D eigenvalue weighted by atomic mass is 32.2. The monoisotopic (exact) mass is 381 g/mol. The van der Waals surface area contributed by atoms with Crippen molar-refractivity contribution in [2.75, 3.05) is 32.7 Å². The molecule has 0 spiro atoms. The summed E-state index contributed by atoms with van der Waals surface area (Å²) in [5.74, 6) is 0.577. The molecule has 7 heteroatoms. The van der Waals surface area contributed by atoms with E-state index in [4.69, 9.17) is 0 Å². The molecule has 26 heavy (non-hydrogen) atoms. The third-order valence-corrected chi connectivity index (χ3v) is 6.96. The Morgan fingerprint density at radius 3 is 2.50 bits per heavy atom. The number of piperidine rings is 1. The molecule has 146 valence electrons. The third-order valence-electron chi connectivity index (χ3n) is 4.89. The van der Waals surface area contributed by atoms with Gasteiger partial charge in [-0.1, -0.05) is 26.0 Å². The number of nitrogens with zero attached hydrogens (tertiary/aromatic N) is 1. The Balaban J connectivity index is 1.82. The Morgan fingerprint density at radius 1 is 1.23 bits per heavy atom. The SMILES string of the molecule is CCN(CC)S(=O)(=O)c1ccc(CCC(=O)NCC2CCCNC2)cc1. The fourth-order valence-corrected chi connectivity index (χ4v) is 4.70. The second kappa shape index (κ2) is 10.0. The van der Waals surface area contributed by atoms with Crippen LogP contribution in [0.5, 0.6) is 0 Å². The second-order valence-electron chi connectivity index (χ2n) is 6.75. The average molecular weight is 382 g/mol. The highest BCUT2D eigenvalue weighted by molar-refractivity contribution is 7.89. The molecule has 1 fully saturated rings. The Bertz CT molecular complexity index is 664. The predicted molar refractivity (Wildman–Crippen MR) is 103 cm³/mol. The smallest absolute Gasteiger partial charge is 0.243 e. The second-order valence-corrected chi connectivity index (χ2v) is 8.69. The van der Waals surface area contributed by atoms with Crippen LogP contribution in [0.3, 0.4) is 0 Å². The van der Waals surface area contributed by atoms with Gasteiger partial charge in [0.05, 0.1) is 4.90 Å². The molecule has 1 saturated heterocycles. The highest BCUT2D eigenvalue weighted by Gasteiger charge is 2.21. The highest BCUT2D eigenvalue weighted by Crippen LogP contribution is 2.17. The van der Waals surface area contributed by atoms with Crippen LogP contribution in [-0.2, 0) is 21.2 Å². The van der Waals surface area contributed by atoms with Crippen molar-refractivity contribution in [1.82, 2.24) is 14.9 Å². The number of hydrogen-bond donors (Lipinski definition) is 2. The zero-order valence-electron chi connectivity index (χ0n) is 15.8. The van der Waals surface area contributed by atoms with Gasteiger partial charge in [0.15, 0.2) is 0 Å². The number of aryl methyl sites for hydroxylation is 1. The normalized spacial score (nSPS) is 18.0. The Morgan fingerprint density at radius 2 is 1.92 bits per heavy atom. The molecular formula is C19H31N3O3S. The summed E-state index contributed by atoms with van der Waals surface area (Å²) in [5.41, 5.74) is 0.970. The lowest BCUT2D eigenvalue weighted by Gasteiger charge is -2.22. The summed E-state index contributed by atoms with van der Waals surface area (Å²) in [5, 5.41) is 6.35. The molecule has 6 nitrogen and oxygen atoms in total. The zero-order valence-corrected chi connectivity index (χ0v) is 16.6. The van der Waals surface area contributed by atoms with Crippen LogP contribution in [0.1, 0.15) is 38.7 Å². The van der Waals surface area contributed by atoms with Gasteiger partial charge in [-0.15, -0.1) is 0 Å². The lowest BCUT2D eigenvalue weighted by molar-refractivity contribution is -0.121. The number of sulfonamides is 1. The number of benzene rings is 1. The summed E-state index contributed by atoms with van der Waals surface area (Å²) in [4.78, 5) is 12.3. The fourth-order valence-electron chi connectivity index (χ4n) is 3.24. The van der Waals surface area contributed by atoms with E-state index < -0.39 is 10.0 Å². The minimum absolute atomic E-state index is 0.0513. The molecule has 2 N–H and O–H groups in total. The molecule has 1 aromatic carbocycles. The minimum atomic E-state index is -3.42. The van der Waals surface area contributed by atoms with E-state index in [2.05, 4.69) is 10.6 Å². The fraction of sp³-hybridized carbons (Fsp3) is 0.632. The predicted octanol–water partition coefficient (Wildman–Crippen LogP) is 1.77. The first-order chi connectivity index (χ1) is 12.5. The van der Waals surface area contributed by atoms with E-state index >= 15 is 0 Å². The van der Waals surface area contributed by atoms with Gasteiger partial charge in [-0.3, -0.25) is 4.79 Å². The minimum Gasteiger partial charge on any atom is -0.356 e. The van der Waals surface area contributed by atoms with Crippen LogP contribution in [0.15, 0.2) is 29.2 Å². The van der Waals surface area contributed by atoms with Gasteiger partial charge in [0.25, 0.3) is 0 Å². The molecule has 1 heterocycles. The quantitative estimate of drug-likeness (QED) is 0.683. The van der Waals surface area contributed by atoms with Crippen molar-refractivity contribution in [3.05, 3.63) is 29.8 Å². The molecule has 1 aromatic rings. The number of rotatable bonds is 9. The molecule has 1 amide bonds. The molecule has 0 aliphatic carbocycles. The molecule has 0 aromatic heterocycles. The molecule has 0 radical (unpaired) electrons. The van der Waals surface area contributed by atoms with Crippen LogP contribution in [-0.4, -0.2) is 51.4 Å². The van der Waals surface area contributed by atoms with Gasteiger partial charge in [0, 0.05) is 26.1 Å². The van der Waals surface area contributed by atoms with E-state index in [1.54, 1.807) is 24.3 Å². The van der Waals surface area contributed by atoms with Crippen molar-refractivity contribution in [3.63, 3.8) is 0 Å². The molecule has 1 aliphatic heterocycles. The summed E-state index contributed by atoms with van der Waals surface area (Å²) in [6.45, 7) is 7.35. The summed E-state index contributed by atoms with van der Waals surface area (Å²) in [6, 6.07) is 6.87. The molecule has 2 rings (SSSR count). The number of hydrogen-bond acceptors (Lipinski definition) is 4. The van der Waals surface area contributed by atoms with Gasteiger partial charge in [-0.25, -0.2) is 8.42 Å². The average Bonchev–Trinajstić information content (AvgIpc) is 2.66. The Hall–Kier alpha value is -1.44. The summed E-state index contributed by atoms with van der Waals surface area (Å²) in [6.07, 6.45) is 3.36. The van der Waals surface area contributed by atoms with Gasteiger partial charge >= 0.3 is 0 Å². The number of amides is 1. The maximum Gasteiger partial charge on any atom is 0.243 e. The third kappa shape index (κ3) is 5.79. The zero-order chi connectivity index (χ0) is 19.0. The van der Waals surface area contributed by atoms with Crippen molar-refractivity contribution < 1.29 is 13.2 Å². The molecule has 1 unspecified atom stereocenters. The van der Waals surface area contributed by atoms with Gasteiger partial charge < -0.3 is 10.6 Å². The van der Waals surface area contributed by atoms with Gasteiger partial charge in [0.1, 0.15) is 0 Å². The molecule has 1 aliphatic rings. The van der Waals surface area contributed by atoms with Crippen molar-refractivity contribution in [2.24, 2.45) is 5.92 Å². The standard InChI is InChI=1S/C19H31N3O3S/c1-3-22(4-2)26(24,25)18-10-7-16(8-11-18)9-12-19(23)21-15-17-6-5-13-20-14-17/h7-8,10-11,17,20H,3-6,9,12-15H2,1-2H3,(H,21,23). The molecular weight excluding hydrogens is 350 g/mol. The maximum absolute atomic E-state index is 12.5. The molecule has 1 atom stereocenters. The van der Waals surface area contributed by atoms with Crippen LogP contribution in [0, 0.1) is 5.92 Å². The number of nitrogens with one attached hydrogen (secondary N) is 2. The Kier molecular flexibility index (Phi) is 8.06. The molecule has 0 bridgehead atoms. The number of carbonyl (C=O) groups is 1. The van der Waals surface area contributed by atoms with Crippen molar-refractivity contribution in [2.45, 2.75) is 44.4 Å². The lowest BCUT2D eigenvalue weighted by atomic mass is 10.00. The van der Waals surface area contributed by atoms with E-state index in [0.717, 1.165) is 31.6 Å². The van der Waals surface area contributed by atoms with Crippen molar-refractivity contribution in [1.29, 1.82) is 0 Å². The van der Waals surface area contributed by atoms with Crippen LogP contribution < -0.4 is 10.6 Å². The van der Waals surface area contributed by atoms with Crippen LogP contribution >= 0.6 is 0 Å². The lowest BCUT2D eigenvalue weighted by Crippen LogP contribution is -2.38. The topological polar surface area (TPSA) is 78.5 Å². The summed E-state index contributed by atoms with van der Waals surface area (Å²) in [7, 11) is -3.42. The number of carbonyl (C=O) groups excluding carboxylic acids is 1. The van der Waals surface area contributed by atoms with E-state index in [1.165, 1.54) is 10.7 Å². The molecule has 0 saturated carbocycles. The Labute approximate surface area is 157 Å². The summed E-state index contributed by atoms with van der Waals surface area (Å²) < 4.78 is 26.4. The largest absolute Gasteiger partial charge is 0.356 e. The van der Waals surface area contributed by atoms with Gasteiger partial charge in [0.2, 0.25) is 15.9 Å². The van der Waals surface area contributed by atoms with E-state index in [1.807, 2.05) is 13.8 Å². The van der Waals surface area contributed by atoms with Crippen LogP contribution in [0.4, 0.5) is 0 Å². The van der Waals surface area contributed by atoms with Crippen molar-refractivity contribution >= 4 is 15.9 Å². The van der Waals surface area contributed by atoms with Crippen LogP contribution in [0.2, 0.25) is 0 Å². The van der Waals surface area contributed by atoms with Gasteiger partial charge in [-0.2, -0.15) is 4.31 Å². The first-order valence-electron chi connectivity index (χ1n) is 9.53. The van der Waals surface area contributed by atoms with E-state index in [9.17, 15) is 13.2 Å². The van der Waals surface area contributed by atoms with Crippen molar-refractivity contribution in [3.8, 4) is 0 Å². The summed E-state index contributed by atoms with van der Waals surface area (Å²) >= 11 is 0. The van der Waals surface area contributed by atoms with E-state index in [0.29, 0.717) is 36.7 Å². The maximum atomic E-state index is 12.5. The van der Waals surface area contributed by atoms with Gasteiger partial charge in [-0.05, 0) is 56.0 Å². The first kappa shape index (κ1) is 20.9. The van der Waals surface area contributed by atoms with Crippen LogP contribution in [0.25, 0.3) is 0 Å².